The standard InChI is InChI=1S/3C12H10N2O.ClH.Sm/c3*15-14-12(10-6-2-1-3-7-10)11-8-4-5-9-13-11;;/h3*1-9,15H;1H;/q;;;;+3/p-4/b3*14-12+;;. The Labute approximate surface area is 311 Å². The first-order chi connectivity index (χ1) is 22.2. The molecular formula is C36H27ClN6O3Sm-. The van der Waals surface area contributed by atoms with E-state index in [0.29, 0.717) is 34.2 Å². The summed E-state index contributed by atoms with van der Waals surface area (Å²) < 4.78 is 0. The summed E-state index contributed by atoms with van der Waals surface area (Å²) in [6.07, 6.45) is 4.93. The third kappa shape index (κ3) is 11.8. The molecule has 11 heteroatoms. The zero-order valence-electron chi connectivity index (χ0n) is 24.8. The van der Waals surface area contributed by atoms with E-state index < -0.39 is 0 Å². The number of hydrogen-bond donors (Lipinski definition) is 0. The number of halogens is 1. The van der Waals surface area contributed by atoms with Crippen LogP contribution in [-0.4, -0.2) is 32.1 Å². The molecule has 0 saturated heterocycles. The minimum absolute atomic E-state index is 0. The molecule has 0 aliphatic rings. The van der Waals surface area contributed by atoms with Gasteiger partial charge in [0.2, 0.25) is 0 Å². The molecule has 3 aromatic heterocycles. The van der Waals surface area contributed by atoms with E-state index in [4.69, 9.17) is 0 Å². The maximum Gasteiger partial charge on any atom is 3.00 e. The van der Waals surface area contributed by atoms with Gasteiger partial charge in [-0.05, 0) is 36.4 Å². The first-order valence-corrected chi connectivity index (χ1v) is 13.8. The molecular weight excluding hydrogens is 750 g/mol. The molecule has 0 spiro atoms. The minimum atomic E-state index is 0. The Bertz CT molecular complexity index is 1460. The van der Waals surface area contributed by atoms with Gasteiger partial charge in [-0.15, -0.1) is 0 Å². The van der Waals surface area contributed by atoms with E-state index in [1.54, 1.807) is 55.0 Å². The number of benzene rings is 3. The van der Waals surface area contributed by atoms with Crippen LogP contribution in [0.3, 0.4) is 0 Å². The maximum absolute atomic E-state index is 10.8. The molecule has 0 fully saturated rings. The summed E-state index contributed by atoms with van der Waals surface area (Å²) in [5.74, 6) is 0. The van der Waals surface area contributed by atoms with Crippen molar-refractivity contribution in [1.82, 2.24) is 15.0 Å². The van der Waals surface area contributed by atoms with Crippen molar-refractivity contribution in [3.05, 3.63) is 214 Å². The molecule has 3 heterocycles. The van der Waals surface area contributed by atoms with Gasteiger partial charge in [0, 0.05) is 35.3 Å². The van der Waals surface area contributed by atoms with Gasteiger partial charge in [0.1, 0.15) is 0 Å². The smallest absolute Gasteiger partial charge is 1.00 e. The Balaban J connectivity index is 0.000000240. The first kappa shape index (κ1) is 38.3. The molecule has 233 valence electrons. The van der Waals surface area contributed by atoms with Gasteiger partial charge in [-0.1, -0.05) is 109 Å². The molecule has 0 bridgehead atoms. The van der Waals surface area contributed by atoms with Crippen LogP contribution in [0.1, 0.15) is 33.8 Å². The molecule has 47 heavy (non-hydrogen) atoms. The van der Waals surface area contributed by atoms with Crippen LogP contribution in [0.25, 0.3) is 0 Å². The molecule has 0 atom stereocenters. The molecule has 6 rings (SSSR count). The average Bonchev–Trinajstić information content (AvgIpc) is 3.13. The van der Waals surface area contributed by atoms with Crippen LogP contribution in [0.15, 0.2) is 180 Å². The van der Waals surface area contributed by atoms with Crippen LogP contribution < -0.4 is 12.4 Å². The topological polar surface area (TPSA) is 145 Å². The summed E-state index contributed by atoms with van der Waals surface area (Å²) in [5.41, 5.74) is 5.25. The van der Waals surface area contributed by atoms with E-state index in [1.165, 1.54) is 0 Å². The predicted molar refractivity (Wildman–Crippen MR) is 179 cm³/mol. The van der Waals surface area contributed by atoms with Crippen molar-refractivity contribution < 1.29 is 52.8 Å². The molecule has 0 aliphatic heterocycles. The Morgan fingerprint density at radius 3 is 0.787 bits per heavy atom. The zero-order chi connectivity index (χ0) is 31.5. The van der Waals surface area contributed by atoms with Crippen LogP contribution >= 0.6 is 0 Å². The van der Waals surface area contributed by atoms with Crippen molar-refractivity contribution in [3.63, 3.8) is 0 Å². The van der Waals surface area contributed by atoms with Crippen molar-refractivity contribution in [1.29, 1.82) is 0 Å². The Hall–Kier alpha value is -4.85. The third-order valence-electron chi connectivity index (χ3n) is 6.14. The quantitative estimate of drug-likeness (QED) is 0.183. The van der Waals surface area contributed by atoms with Crippen LogP contribution in [-0.2, 0) is 0 Å². The fourth-order valence-corrected chi connectivity index (χ4v) is 4.04. The van der Waals surface area contributed by atoms with E-state index >= 15 is 0 Å². The molecule has 0 amide bonds. The van der Waals surface area contributed by atoms with E-state index in [1.807, 2.05) is 109 Å². The van der Waals surface area contributed by atoms with E-state index in [0.717, 1.165) is 16.7 Å². The number of aromatic nitrogens is 3. The van der Waals surface area contributed by atoms with Crippen molar-refractivity contribution in [3.8, 4) is 0 Å². The number of pyridine rings is 3. The third-order valence-corrected chi connectivity index (χ3v) is 6.14. The van der Waals surface area contributed by atoms with Crippen LogP contribution in [0.4, 0.5) is 0 Å². The monoisotopic (exact) mass is 778 g/mol. The summed E-state index contributed by atoms with van der Waals surface area (Å²) in [6.45, 7) is 0. The van der Waals surface area contributed by atoms with Gasteiger partial charge in [-0.2, -0.15) is 0 Å². The minimum Gasteiger partial charge on any atom is -1.00 e. The molecule has 0 N–H and O–H groups in total. The summed E-state index contributed by atoms with van der Waals surface area (Å²) >= 11 is 0. The van der Waals surface area contributed by atoms with Crippen LogP contribution in [0.2, 0.25) is 0 Å². The van der Waals surface area contributed by atoms with Gasteiger partial charge in [-0.3, -0.25) is 15.0 Å². The van der Waals surface area contributed by atoms with Crippen LogP contribution in [0, 0.1) is 56.0 Å². The van der Waals surface area contributed by atoms with Crippen LogP contribution in [0.5, 0.6) is 0 Å². The molecule has 0 unspecified atom stereocenters. The predicted octanol–water partition coefficient (Wildman–Crippen LogP) is 4.25. The average molecular weight is 777 g/mol. The molecule has 0 saturated carbocycles. The number of nitrogens with zero attached hydrogens (tertiary/aromatic N) is 6. The second-order valence-corrected chi connectivity index (χ2v) is 9.06. The Morgan fingerprint density at radius 1 is 0.362 bits per heavy atom. The van der Waals surface area contributed by atoms with Gasteiger partial charge < -0.3 is 43.5 Å². The van der Waals surface area contributed by atoms with Crippen molar-refractivity contribution in [2.24, 2.45) is 15.5 Å². The first-order valence-electron chi connectivity index (χ1n) is 13.8. The number of rotatable bonds is 6. The molecule has 6 aromatic rings. The molecule has 1 radical (unpaired) electrons. The normalized spacial score (nSPS) is 10.9. The fraction of sp³-hybridized carbons (Fsp3) is 0. The largest absolute Gasteiger partial charge is 3.00 e. The van der Waals surface area contributed by atoms with Gasteiger partial charge in [0.15, 0.2) is 0 Å². The van der Waals surface area contributed by atoms with Crippen molar-refractivity contribution in [2.75, 3.05) is 0 Å². The van der Waals surface area contributed by atoms with E-state index in [9.17, 15) is 15.6 Å². The summed E-state index contributed by atoms with van der Waals surface area (Å²) in [5, 5.41) is 41.4. The maximum atomic E-state index is 10.8. The second kappa shape index (κ2) is 21.8. The summed E-state index contributed by atoms with van der Waals surface area (Å²) in [6, 6.07) is 44.1. The van der Waals surface area contributed by atoms with Gasteiger partial charge in [0.25, 0.3) is 0 Å². The molecule has 9 nitrogen and oxygen atoms in total. The van der Waals surface area contributed by atoms with Gasteiger partial charge in [-0.25, -0.2) is 0 Å². The summed E-state index contributed by atoms with van der Waals surface area (Å²) in [7, 11) is 0. The van der Waals surface area contributed by atoms with Gasteiger partial charge in [0.05, 0.1) is 34.2 Å². The van der Waals surface area contributed by atoms with Gasteiger partial charge >= 0.3 is 40.4 Å². The zero-order valence-corrected chi connectivity index (χ0v) is 28.2. The second-order valence-electron chi connectivity index (χ2n) is 9.06. The fourth-order valence-electron chi connectivity index (χ4n) is 4.04. The number of hydrogen-bond acceptors (Lipinski definition) is 9. The Morgan fingerprint density at radius 2 is 0.596 bits per heavy atom. The molecule has 3 aromatic carbocycles. The summed E-state index contributed by atoms with van der Waals surface area (Å²) in [4.78, 5) is 12.3. The Kier molecular flexibility index (Phi) is 17.8. The van der Waals surface area contributed by atoms with E-state index in [-0.39, 0.29) is 52.8 Å². The van der Waals surface area contributed by atoms with E-state index in [2.05, 4.69) is 30.4 Å². The molecule has 0 aliphatic carbocycles. The van der Waals surface area contributed by atoms with Crippen molar-refractivity contribution >= 4 is 17.1 Å². The SMILES string of the molecule is [Cl-].[O-]/N=C(\c1ccccc1)c1ccccn1.[O-]/N=C(\c1ccccc1)c1ccccn1.[O-]/N=C(\c1ccccc1)c1ccccn1.[Sm+3]. The van der Waals surface area contributed by atoms with Crippen molar-refractivity contribution in [2.45, 2.75) is 0 Å².